The van der Waals surface area contributed by atoms with E-state index in [1.807, 2.05) is 14.0 Å². The van der Waals surface area contributed by atoms with Crippen LogP contribution in [0, 0.1) is 78.8 Å². The predicted octanol–water partition coefficient (Wildman–Crippen LogP) is 3.22. The fourth-order valence-corrected chi connectivity index (χ4v) is 20.6. The number of nitrogens with two attached hydrogens (primary N) is 1. The van der Waals surface area contributed by atoms with E-state index >= 15 is 4.79 Å². The minimum Gasteiger partial charge on any atom is -0.481 e. The molecule has 406 valence electrons. The van der Waals surface area contributed by atoms with E-state index in [9.17, 15) is 45.6 Å². The molecule has 3 heterocycles. The Morgan fingerprint density at radius 3 is 2.37 bits per heavy atom. The Balaban J connectivity index is 1.14. The van der Waals surface area contributed by atoms with Crippen LogP contribution in [0.1, 0.15) is 136 Å². The number of aromatic amines is 1. The number of aliphatic hydroxyl groups excluding tert-OH is 7. The smallest absolute Gasteiger partial charge is 0.310 e. The standard InChI is InChI=1S/C56H85N5O12/c1-49(26-62)16-17-53(48(70)71)18-19-55-14-8-30-21-32(38-40(61-47(69)54(38)11-6-7-12-54)31(35-24-59-28-60-35)20-29(23-58-5)45(57)68)39-42(66)44(73-46-43(67)41(65)36(64)25-72-46)50(2,27-63)37-10-13-51(55,3)56(30,52(37,39)4)15-9-33(55)34(53)22-49/h9,21,24,28-29,31-32,34,36-46,58,62-68H,6-8,10-20,22-23,25-27,57H2,1-5H3,(H,59,60)(H,61,69)(H,70,71). The molecule has 0 aromatic carbocycles. The number of carbonyl (C=O) groups excluding carboxylic acids is 1. The molecule has 3 spiro atoms. The molecule has 2 bridgehead atoms. The summed E-state index contributed by atoms with van der Waals surface area (Å²) in [7, 11) is 1.82. The molecule has 1 amide bonds. The van der Waals surface area contributed by atoms with Crippen LogP contribution in [0.4, 0.5) is 0 Å². The monoisotopic (exact) mass is 1020 g/mol. The van der Waals surface area contributed by atoms with Crippen LogP contribution in [0.15, 0.2) is 35.8 Å². The summed E-state index contributed by atoms with van der Waals surface area (Å²) in [6.07, 6.45) is 8.82. The Morgan fingerprint density at radius 1 is 0.973 bits per heavy atom. The number of rotatable bonds is 13. The first-order valence-electron chi connectivity index (χ1n) is 27.9. The van der Waals surface area contributed by atoms with Crippen molar-refractivity contribution in [2.75, 3.05) is 33.4 Å². The van der Waals surface area contributed by atoms with Gasteiger partial charge in [0.25, 0.3) is 0 Å². The topological polar surface area (TPSA) is 293 Å². The lowest BCUT2D eigenvalue weighted by Crippen LogP contribution is -2.79. The van der Waals surface area contributed by atoms with Crippen LogP contribution < -0.4 is 16.4 Å². The van der Waals surface area contributed by atoms with Gasteiger partial charge in [0.15, 0.2) is 6.29 Å². The number of allylic oxidation sites excluding steroid dienone is 4. The number of nitrogens with zero attached hydrogens (tertiary/aromatic N) is 1. The van der Waals surface area contributed by atoms with Crippen molar-refractivity contribution in [3.63, 3.8) is 0 Å². The molecule has 2 saturated heterocycles. The minimum absolute atomic E-state index is 0.00901. The highest BCUT2D eigenvalue weighted by molar-refractivity contribution is 5.86. The van der Waals surface area contributed by atoms with Gasteiger partial charge in [-0.3, -0.25) is 9.59 Å². The number of amides is 1. The Hall–Kier alpha value is -2.81. The second-order valence-corrected chi connectivity index (χ2v) is 26.5. The number of aliphatic hydroxyl groups is 7. The highest BCUT2D eigenvalue weighted by Crippen LogP contribution is 2.87. The molecule has 11 rings (SSSR count). The van der Waals surface area contributed by atoms with E-state index in [0.29, 0.717) is 70.8 Å². The Morgan fingerprint density at radius 2 is 1.71 bits per heavy atom. The summed E-state index contributed by atoms with van der Waals surface area (Å²) >= 11 is 0. The summed E-state index contributed by atoms with van der Waals surface area (Å²) in [6, 6.07) is -0.489. The highest BCUT2D eigenvalue weighted by atomic mass is 16.7. The maximum absolute atomic E-state index is 15.3. The lowest BCUT2D eigenvalue weighted by atomic mass is 9.21. The molecule has 17 nitrogen and oxygen atoms in total. The van der Waals surface area contributed by atoms with Gasteiger partial charge in [-0.05, 0) is 130 Å². The second-order valence-electron chi connectivity index (χ2n) is 26.5. The molecule has 22 unspecified atom stereocenters. The first-order valence-corrected chi connectivity index (χ1v) is 27.9. The number of hydrogen-bond donors (Lipinski definition) is 12. The zero-order valence-corrected chi connectivity index (χ0v) is 43.6. The van der Waals surface area contributed by atoms with Crippen molar-refractivity contribution in [1.82, 2.24) is 20.6 Å². The maximum Gasteiger partial charge on any atom is 0.310 e. The fraction of sp³-hybridized carbons (Fsp3) is 0.839. The summed E-state index contributed by atoms with van der Waals surface area (Å²) in [5.74, 6) is -3.48. The zero-order chi connectivity index (χ0) is 52.1. The number of fused-ring (bicyclic) bond motifs is 2. The molecular formula is C56H85N5O12. The number of nitrogens with one attached hydrogen (secondary N) is 3. The SMILES string of the molecule is CNCC(CC(c1cnc[nH]1)C1NC(=O)C2(CCCC2)C1C1C=C2CCC34CCC5(C(=O)O)CCC(C)(CO)CC5C3=CCC23C2(C)C1C(O)C(OC1OCC(O)C(O)C1O)C(C)(CO)C2CCC43C)C(N)O. The predicted molar refractivity (Wildman–Crippen MR) is 266 cm³/mol. The van der Waals surface area contributed by atoms with E-state index in [4.69, 9.17) is 15.2 Å². The molecule has 8 fully saturated rings. The molecule has 73 heavy (non-hydrogen) atoms. The minimum atomic E-state index is -1.65. The van der Waals surface area contributed by atoms with E-state index in [1.165, 1.54) is 11.1 Å². The van der Waals surface area contributed by atoms with Gasteiger partial charge < -0.3 is 71.7 Å². The van der Waals surface area contributed by atoms with Gasteiger partial charge in [0.1, 0.15) is 24.5 Å². The maximum atomic E-state index is 15.3. The average Bonchev–Trinajstić information content (AvgIpc) is 4.14. The van der Waals surface area contributed by atoms with Crippen LogP contribution in [0.5, 0.6) is 0 Å². The molecule has 22 atom stereocenters. The molecule has 6 saturated carbocycles. The highest BCUT2D eigenvalue weighted by Gasteiger charge is 2.83. The van der Waals surface area contributed by atoms with Gasteiger partial charge in [0.2, 0.25) is 5.91 Å². The fourth-order valence-electron chi connectivity index (χ4n) is 20.6. The van der Waals surface area contributed by atoms with E-state index in [-0.39, 0.29) is 54.8 Å². The van der Waals surface area contributed by atoms with Gasteiger partial charge in [-0.1, -0.05) is 63.8 Å². The molecule has 8 aliphatic carbocycles. The number of aromatic nitrogens is 2. The summed E-state index contributed by atoms with van der Waals surface area (Å²) in [6.45, 7) is 8.67. The van der Waals surface area contributed by atoms with E-state index < -0.39 is 111 Å². The number of aliphatic carboxylic acids is 1. The largest absolute Gasteiger partial charge is 0.481 e. The quantitative estimate of drug-likeness (QED) is 0.0768. The van der Waals surface area contributed by atoms with Gasteiger partial charge in [0, 0.05) is 65.6 Å². The molecule has 13 N–H and O–H groups in total. The number of imidazole rings is 1. The Bertz CT molecular complexity index is 2360. The van der Waals surface area contributed by atoms with Crippen LogP contribution in [-0.2, 0) is 19.1 Å². The number of ether oxygens (including phenoxy) is 2. The molecule has 1 aromatic heterocycles. The molecule has 2 aliphatic heterocycles. The van der Waals surface area contributed by atoms with Crippen LogP contribution in [0.25, 0.3) is 0 Å². The number of H-pyrrole nitrogens is 1. The third kappa shape index (κ3) is 6.75. The van der Waals surface area contributed by atoms with E-state index in [0.717, 1.165) is 37.8 Å². The molecule has 10 aliphatic rings. The van der Waals surface area contributed by atoms with Crippen molar-refractivity contribution in [2.45, 2.75) is 179 Å². The third-order valence-corrected chi connectivity index (χ3v) is 24.1. The molecular weight excluding hydrogens is 935 g/mol. The zero-order valence-electron chi connectivity index (χ0n) is 43.6. The number of carbonyl (C=O) groups is 2. The Labute approximate surface area is 429 Å². The van der Waals surface area contributed by atoms with Gasteiger partial charge in [-0.2, -0.15) is 0 Å². The van der Waals surface area contributed by atoms with E-state index in [1.54, 1.807) is 12.5 Å². The summed E-state index contributed by atoms with van der Waals surface area (Å²) in [5, 5.41) is 99.0. The van der Waals surface area contributed by atoms with Crippen molar-refractivity contribution < 1.29 is 59.9 Å². The number of carboxylic acid groups (broad SMARTS) is 1. The number of carboxylic acids is 1. The molecule has 0 radical (unpaired) electrons. The van der Waals surface area contributed by atoms with Crippen LogP contribution in [0.2, 0.25) is 0 Å². The normalized spacial score (nSPS) is 49.6. The number of hydrogen-bond acceptors (Lipinski definition) is 14. The van der Waals surface area contributed by atoms with Crippen LogP contribution in [-0.4, -0.2) is 145 Å². The van der Waals surface area contributed by atoms with Crippen LogP contribution >= 0.6 is 0 Å². The first-order chi connectivity index (χ1) is 34.6. The van der Waals surface area contributed by atoms with Crippen molar-refractivity contribution in [1.29, 1.82) is 0 Å². The lowest BCUT2D eigenvalue weighted by Gasteiger charge is -2.82. The van der Waals surface area contributed by atoms with Crippen LogP contribution in [0.3, 0.4) is 0 Å². The summed E-state index contributed by atoms with van der Waals surface area (Å²) in [4.78, 5) is 36.9. The second kappa shape index (κ2) is 17.9. The van der Waals surface area contributed by atoms with Gasteiger partial charge in [-0.25, -0.2) is 4.98 Å². The van der Waals surface area contributed by atoms with Crippen molar-refractivity contribution in [2.24, 2.45) is 84.6 Å². The van der Waals surface area contributed by atoms with Gasteiger partial charge in [0.05, 0.1) is 42.6 Å². The van der Waals surface area contributed by atoms with E-state index in [2.05, 4.69) is 53.5 Å². The lowest BCUT2D eigenvalue weighted by molar-refractivity contribution is -0.358. The van der Waals surface area contributed by atoms with Gasteiger partial charge >= 0.3 is 5.97 Å². The third-order valence-electron chi connectivity index (χ3n) is 24.1. The summed E-state index contributed by atoms with van der Waals surface area (Å²) < 4.78 is 12.8. The molecule has 17 heteroatoms. The van der Waals surface area contributed by atoms with Crippen molar-refractivity contribution in [3.05, 3.63) is 41.5 Å². The summed E-state index contributed by atoms with van der Waals surface area (Å²) in [5.41, 5.74) is 4.24. The Kier molecular flexibility index (Phi) is 12.8. The van der Waals surface area contributed by atoms with Gasteiger partial charge in [-0.15, -0.1) is 0 Å². The average molecular weight is 1020 g/mol. The first kappa shape index (κ1) is 52.3. The van der Waals surface area contributed by atoms with Crippen molar-refractivity contribution >= 4 is 11.9 Å². The molecule has 1 aromatic rings. The van der Waals surface area contributed by atoms with Crippen molar-refractivity contribution in [3.8, 4) is 0 Å².